The molecule has 1 aliphatic carbocycles. The summed E-state index contributed by atoms with van der Waals surface area (Å²) in [4.78, 5) is 5.39. The van der Waals surface area contributed by atoms with Crippen molar-refractivity contribution in [1.82, 2.24) is 10.3 Å². The number of methoxy groups -OCH3 is 1. The molecule has 78 valence electrons. The molecular weight excluding hydrogens is 196 g/mol. The Kier molecular flexibility index (Phi) is 3.37. The molecule has 1 aromatic heterocycles. The fraction of sp³-hybridized carbons (Fsp3) is 0.700. The van der Waals surface area contributed by atoms with Crippen LogP contribution in [0.4, 0.5) is 0 Å². The van der Waals surface area contributed by atoms with Crippen LogP contribution < -0.4 is 10.1 Å². The van der Waals surface area contributed by atoms with E-state index in [9.17, 15) is 0 Å². The van der Waals surface area contributed by atoms with Gasteiger partial charge in [0.15, 0.2) is 0 Å². The number of rotatable bonds is 4. The third-order valence-corrected chi connectivity index (χ3v) is 3.59. The summed E-state index contributed by atoms with van der Waals surface area (Å²) in [5.74, 6) is 0. The number of nitrogens with one attached hydrogen (secondary N) is 1. The Bertz CT molecular complexity index is 281. The molecule has 0 unspecified atom stereocenters. The normalized spacial score (nSPS) is 17.5. The van der Waals surface area contributed by atoms with Gasteiger partial charge in [-0.2, -0.15) is 0 Å². The van der Waals surface area contributed by atoms with Crippen LogP contribution in [0.3, 0.4) is 0 Å². The fourth-order valence-electron chi connectivity index (χ4n) is 1.84. The Balaban J connectivity index is 1.79. The number of hydrogen-bond acceptors (Lipinski definition) is 4. The van der Waals surface area contributed by atoms with E-state index in [4.69, 9.17) is 4.74 Å². The highest BCUT2D eigenvalue weighted by molar-refractivity contribution is 7.13. The van der Waals surface area contributed by atoms with Crippen LogP contribution in [0.2, 0.25) is 0 Å². The van der Waals surface area contributed by atoms with Gasteiger partial charge in [0.1, 0.15) is 0 Å². The maximum Gasteiger partial charge on any atom is 0.273 e. The van der Waals surface area contributed by atoms with E-state index in [2.05, 4.69) is 10.3 Å². The van der Waals surface area contributed by atoms with Gasteiger partial charge in [-0.05, 0) is 12.8 Å². The quantitative estimate of drug-likeness (QED) is 0.830. The summed E-state index contributed by atoms with van der Waals surface area (Å²) >= 11 is 1.62. The van der Waals surface area contributed by atoms with Crippen LogP contribution in [0.25, 0.3) is 0 Å². The molecule has 0 amide bonds. The van der Waals surface area contributed by atoms with Gasteiger partial charge in [0.25, 0.3) is 5.19 Å². The van der Waals surface area contributed by atoms with Crippen LogP contribution >= 0.6 is 11.3 Å². The van der Waals surface area contributed by atoms with Gasteiger partial charge in [0.05, 0.1) is 7.11 Å². The van der Waals surface area contributed by atoms with Gasteiger partial charge < -0.3 is 10.1 Å². The van der Waals surface area contributed by atoms with Crippen LogP contribution in [0.5, 0.6) is 5.19 Å². The number of ether oxygens (including phenoxy) is 1. The van der Waals surface area contributed by atoms with Crippen molar-refractivity contribution < 1.29 is 4.74 Å². The van der Waals surface area contributed by atoms with Gasteiger partial charge >= 0.3 is 0 Å². The minimum atomic E-state index is 0.725. The monoisotopic (exact) mass is 212 g/mol. The van der Waals surface area contributed by atoms with E-state index in [1.807, 2.05) is 6.20 Å². The highest BCUT2D eigenvalue weighted by Gasteiger charge is 2.14. The lowest BCUT2D eigenvalue weighted by atomic mass is 10.2. The summed E-state index contributed by atoms with van der Waals surface area (Å²) in [7, 11) is 1.66. The molecule has 1 fully saturated rings. The average molecular weight is 212 g/mol. The molecule has 0 atom stereocenters. The lowest BCUT2D eigenvalue weighted by molar-refractivity contribution is 0.412. The summed E-state index contributed by atoms with van der Waals surface area (Å²) in [6.07, 6.45) is 7.31. The Morgan fingerprint density at radius 2 is 2.36 bits per heavy atom. The van der Waals surface area contributed by atoms with Gasteiger partial charge in [-0.25, -0.2) is 4.98 Å². The van der Waals surface area contributed by atoms with Gasteiger partial charge in [0.2, 0.25) is 0 Å². The molecule has 14 heavy (non-hydrogen) atoms. The van der Waals surface area contributed by atoms with Crippen molar-refractivity contribution in [1.29, 1.82) is 0 Å². The third kappa shape index (κ3) is 2.45. The SMILES string of the molecule is COc1ncc(CNC2CCCC2)s1. The summed E-state index contributed by atoms with van der Waals surface area (Å²) in [6, 6.07) is 0.725. The van der Waals surface area contributed by atoms with E-state index in [0.717, 1.165) is 17.8 Å². The highest BCUT2D eigenvalue weighted by Crippen LogP contribution is 2.21. The van der Waals surface area contributed by atoms with Crippen molar-refractivity contribution in [2.24, 2.45) is 0 Å². The van der Waals surface area contributed by atoms with E-state index in [-0.39, 0.29) is 0 Å². The van der Waals surface area contributed by atoms with Crippen molar-refractivity contribution in [2.75, 3.05) is 7.11 Å². The van der Waals surface area contributed by atoms with E-state index in [0.29, 0.717) is 0 Å². The number of aromatic nitrogens is 1. The topological polar surface area (TPSA) is 34.1 Å². The van der Waals surface area contributed by atoms with Gasteiger partial charge in [-0.15, -0.1) is 0 Å². The van der Waals surface area contributed by atoms with Crippen molar-refractivity contribution in [3.63, 3.8) is 0 Å². The first kappa shape index (κ1) is 9.93. The zero-order chi connectivity index (χ0) is 9.80. The second kappa shape index (κ2) is 4.75. The van der Waals surface area contributed by atoms with Crippen molar-refractivity contribution in [3.05, 3.63) is 11.1 Å². The van der Waals surface area contributed by atoms with Crippen LogP contribution in [-0.4, -0.2) is 18.1 Å². The smallest absolute Gasteiger partial charge is 0.273 e. The Labute approximate surface area is 88.5 Å². The highest BCUT2D eigenvalue weighted by atomic mass is 32.1. The van der Waals surface area contributed by atoms with Crippen molar-refractivity contribution >= 4 is 11.3 Å². The molecule has 1 aromatic rings. The van der Waals surface area contributed by atoms with Crippen molar-refractivity contribution in [2.45, 2.75) is 38.3 Å². The second-order valence-electron chi connectivity index (χ2n) is 3.66. The molecule has 0 spiro atoms. The standard InChI is InChI=1S/C10H16N2OS/c1-13-10-12-7-9(14-10)6-11-8-4-2-3-5-8/h7-8,11H,2-6H2,1H3. The summed E-state index contributed by atoms with van der Waals surface area (Å²) in [6.45, 7) is 0.936. The minimum Gasteiger partial charge on any atom is -0.473 e. The van der Waals surface area contributed by atoms with Crippen LogP contribution in [0, 0.1) is 0 Å². The van der Waals surface area contributed by atoms with Gasteiger partial charge in [0, 0.05) is 23.7 Å². The summed E-state index contributed by atoms with van der Waals surface area (Å²) in [5, 5.41) is 4.31. The average Bonchev–Trinajstić information content (AvgIpc) is 2.86. The molecule has 1 N–H and O–H groups in total. The lowest BCUT2D eigenvalue weighted by Crippen LogP contribution is -2.24. The van der Waals surface area contributed by atoms with Crippen LogP contribution in [0.15, 0.2) is 6.20 Å². The zero-order valence-corrected chi connectivity index (χ0v) is 9.27. The number of hydrogen-bond donors (Lipinski definition) is 1. The van der Waals surface area contributed by atoms with Gasteiger partial charge in [-0.1, -0.05) is 24.2 Å². The first-order valence-electron chi connectivity index (χ1n) is 5.10. The molecule has 0 radical (unpaired) electrons. The zero-order valence-electron chi connectivity index (χ0n) is 8.45. The first-order chi connectivity index (χ1) is 6.88. The molecule has 0 saturated heterocycles. The van der Waals surface area contributed by atoms with Crippen molar-refractivity contribution in [3.8, 4) is 5.19 Å². The summed E-state index contributed by atoms with van der Waals surface area (Å²) in [5.41, 5.74) is 0. The molecular formula is C10H16N2OS. The Morgan fingerprint density at radius 3 is 3.00 bits per heavy atom. The number of thiazole rings is 1. The summed E-state index contributed by atoms with van der Waals surface area (Å²) < 4.78 is 5.05. The molecule has 4 heteroatoms. The molecule has 0 bridgehead atoms. The fourth-order valence-corrected chi connectivity index (χ4v) is 2.51. The minimum absolute atomic E-state index is 0.725. The first-order valence-corrected chi connectivity index (χ1v) is 5.92. The largest absolute Gasteiger partial charge is 0.473 e. The van der Waals surface area contributed by atoms with E-state index in [1.54, 1.807) is 18.4 Å². The Morgan fingerprint density at radius 1 is 1.57 bits per heavy atom. The maximum atomic E-state index is 5.05. The predicted octanol–water partition coefficient (Wildman–Crippen LogP) is 2.18. The molecule has 2 rings (SSSR count). The molecule has 1 saturated carbocycles. The predicted molar refractivity (Wildman–Crippen MR) is 57.8 cm³/mol. The Hall–Kier alpha value is -0.610. The van der Waals surface area contributed by atoms with E-state index in [1.165, 1.54) is 30.6 Å². The van der Waals surface area contributed by atoms with Crippen LogP contribution in [0.1, 0.15) is 30.6 Å². The van der Waals surface area contributed by atoms with E-state index >= 15 is 0 Å². The molecule has 0 aliphatic heterocycles. The molecule has 0 aromatic carbocycles. The van der Waals surface area contributed by atoms with Crippen LogP contribution in [-0.2, 0) is 6.54 Å². The maximum absolute atomic E-state index is 5.05. The molecule has 1 aliphatic rings. The second-order valence-corrected chi connectivity index (χ2v) is 4.74. The number of nitrogens with zero attached hydrogens (tertiary/aromatic N) is 1. The lowest BCUT2D eigenvalue weighted by Gasteiger charge is -2.09. The van der Waals surface area contributed by atoms with Gasteiger partial charge in [-0.3, -0.25) is 0 Å². The third-order valence-electron chi connectivity index (χ3n) is 2.63. The molecule has 1 heterocycles. The van der Waals surface area contributed by atoms with E-state index < -0.39 is 0 Å². The molecule has 3 nitrogen and oxygen atoms in total.